The van der Waals surface area contributed by atoms with Gasteiger partial charge < -0.3 is 4.90 Å². The maximum absolute atomic E-state index is 12.2. The first-order valence-electron chi connectivity index (χ1n) is 5.15. The summed E-state index contributed by atoms with van der Waals surface area (Å²) in [6.45, 7) is 0.577. The first-order valence-corrected chi connectivity index (χ1v) is 5.90. The van der Waals surface area contributed by atoms with E-state index >= 15 is 0 Å². The van der Waals surface area contributed by atoms with Crippen LogP contribution < -0.4 is 0 Å². The number of rotatable bonds is 1. The molecule has 2 heterocycles. The second kappa shape index (κ2) is 4.91. The van der Waals surface area contributed by atoms with Crippen molar-refractivity contribution in [2.24, 2.45) is 0 Å². The monoisotopic (exact) mass is 269 g/mol. The van der Waals surface area contributed by atoms with Crippen LogP contribution in [0.2, 0.25) is 10.2 Å². The minimum absolute atomic E-state index is 0.213. The third-order valence-corrected chi connectivity index (χ3v) is 3.22. The van der Waals surface area contributed by atoms with Crippen LogP contribution in [0, 0.1) is 11.3 Å². The zero-order chi connectivity index (χ0) is 12.4. The molecule has 1 fully saturated rings. The number of amides is 1. The highest BCUT2D eigenvalue weighted by molar-refractivity contribution is 6.35. The molecule has 4 nitrogen and oxygen atoms in total. The molecule has 1 aromatic rings. The van der Waals surface area contributed by atoms with Crippen LogP contribution in [-0.2, 0) is 0 Å². The Bertz CT molecular complexity index is 498. The molecule has 88 valence electrons. The molecule has 1 aliphatic rings. The molecule has 1 aromatic heterocycles. The Labute approximate surface area is 109 Å². The maximum atomic E-state index is 12.2. The van der Waals surface area contributed by atoms with E-state index in [-0.39, 0.29) is 22.1 Å². The lowest BCUT2D eigenvalue weighted by atomic mass is 10.2. The predicted octanol–water partition coefficient (Wildman–Crippen LogP) is 2.52. The molecule has 0 radical (unpaired) electrons. The lowest BCUT2D eigenvalue weighted by molar-refractivity contribution is 0.0765. The first kappa shape index (κ1) is 12.2. The summed E-state index contributed by atoms with van der Waals surface area (Å²) in [6.07, 6.45) is 2.88. The summed E-state index contributed by atoms with van der Waals surface area (Å²) >= 11 is 11.6. The van der Waals surface area contributed by atoms with Crippen LogP contribution in [0.1, 0.15) is 23.2 Å². The van der Waals surface area contributed by atoms with Gasteiger partial charge in [-0.25, -0.2) is 4.98 Å². The van der Waals surface area contributed by atoms with Crippen molar-refractivity contribution in [3.8, 4) is 6.07 Å². The normalized spacial score (nSPS) is 19.1. The van der Waals surface area contributed by atoms with Gasteiger partial charge in [0.05, 0.1) is 16.7 Å². The summed E-state index contributed by atoms with van der Waals surface area (Å²) < 4.78 is 0. The smallest absolute Gasteiger partial charge is 0.256 e. The van der Waals surface area contributed by atoms with E-state index in [1.54, 1.807) is 0 Å². The van der Waals surface area contributed by atoms with Gasteiger partial charge in [0, 0.05) is 12.7 Å². The van der Waals surface area contributed by atoms with Gasteiger partial charge in [-0.15, -0.1) is 0 Å². The molecular weight excluding hydrogens is 261 g/mol. The van der Waals surface area contributed by atoms with E-state index in [1.807, 2.05) is 0 Å². The largest absolute Gasteiger partial charge is 0.323 e. The van der Waals surface area contributed by atoms with E-state index in [4.69, 9.17) is 28.5 Å². The number of pyridine rings is 1. The van der Waals surface area contributed by atoms with E-state index < -0.39 is 0 Å². The summed E-state index contributed by atoms with van der Waals surface area (Å²) in [5, 5.41) is 9.41. The highest BCUT2D eigenvalue weighted by atomic mass is 35.5. The molecule has 0 bridgehead atoms. The summed E-state index contributed by atoms with van der Waals surface area (Å²) in [6, 6.07) is 3.17. The Hall–Kier alpha value is -1.31. The number of hydrogen-bond acceptors (Lipinski definition) is 3. The Balaban J connectivity index is 2.31. The van der Waals surface area contributed by atoms with Gasteiger partial charge in [0.1, 0.15) is 11.2 Å². The molecule has 6 heteroatoms. The summed E-state index contributed by atoms with van der Waals surface area (Å²) in [7, 11) is 0. The average Bonchev–Trinajstić information content (AvgIpc) is 2.79. The number of nitrogens with zero attached hydrogens (tertiary/aromatic N) is 3. The van der Waals surface area contributed by atoms with Crippen LogP contribution >= 0.6 is 23.2 Å². The van der Waals surface area contributed by atoms with Crippen LogP contribution in [0.15, 0.2) is 12.3 Å². The number of carbonyl (C=O) groups is 1. The van der Waals surface area contributed by atoms with Crippen molar-refractivity contribution in [2.45, 2.75) is 18.9 Å². The van der Waals surface area contributed by atoms with E-state index in [0.717, 1.165) is 6.42 Å². The fourth-order valence-electron chi connectivity index (χ4n) is 1.88. The molecule has 0 spiro atoms. The number of nitriles is 1. The molecule has 17 heavy (non-hydrogen) atoms. The van der Waals surface area contributed by atoms with E-state index in [0.29, 0.717) is 18.5 Å². The van der Waals surface area contributed by atoms with Crippen molar-refractivity contribution < 1.29 is 4.79 Å². The minimum atomic E-state index is -0.370. The van der Waals surface area contributed by atoms with Crippen LogP contribution in [0.3, 0.4) is 0 Å². The topological polar surface area (TPSA) is 57.0 Å². The molecule has 2 rings (SSSR count). The maximum Gasteiger partial charge on any atom is 0.256 e. The van der Waals surface area contributed by atoms with Gasteiger partial charge in [0.15, 0.2) is 0 Å². The van der Waals surface area contributed by atoms with Crippen LogP contribution in [-0.4, -0.2) is 28.4 Å². The highest BCUT2D eigenvalue weighted by Crippen LogP contribution is 2.24. The van der Waals surface area contributed by atoms with Crippen molar-refractivity contribution in [1.82, 2.24) is 9.88 Å². The lowest BCUT2D eigenvalue weighted by Gasteiger charge is -2.19. The third kappa shape index (κ3) is 2.36. The highest BCUT2D eigenvalue weighted by Gasteiger charge is 2.30. The molecule has 1 aliphatic heterocycles. The van der Waals surface area contributed by atoms with Crippen molar-refractivity contribution in [3.63, 3.8) is 0 Å². The van der Waals surface area contributed by atoms with Crippen molar-refractivity contribution >= 4 is 29.1 Å². The third-order valence-electron chi connectivity index (χ3n) is 2.72. The molecule has 0 N–H and O–H groups in total. The number of carbonyl (C=O) groups excluding carboxylic acids is 1. The van der Waals surface area contributed by atoms with E-state index in [9.17, 15) is 4.79 Å². The quantitative estimate of drug-likeness (QED) is 0.737. The van der Waals surface area contributed by atoms with Gasteiger partial charge in [0.2, 0.25) is 0 Å². The molecule has 1 atom stereocenters. The van der Waals surface area contributed by atoms with Gasteiger partial charge in [-0.05, 0) is 18.9 Å². The number of hydrogen-bond donors (Lipinski definition) is 0. The first-order chi connectivity index (χ1) is 8.13. The molecule has 0 saturated carbocycles. The fourth-order valence-corrected chi connectivity index (χ4v) is 2.22. The number of likely N-dealkylation sites (tertiary alicyclic amines) is 1. The van der Waals surface area contributed by atoms with Crippen LogP contribution in [0.4, 0.5) is 0 Å². The Morgan fingerprint density at radius 2 is 2.35 bits per heavy atom. The Morgan fingerprint density at radius 3 is 3.06 bits per heavy atom. The van der Waals surface area contributed by atoms with Crippen LogP contribution in [0.25, 0.3) is 0 Å². The molecule has 0 aromatic carbocycles. The zero-order valence-electron chi connectivity index (χ0n) is 8.86. The summed E-state index contributed by atoms with van der Waals surface area (Å²) in [5.41, 5.74) is 0.300. The molecule has 1 amide bonds. The minimum Gasteiger partial charge on any atom is -0.323 e. The molecular formula is C11H9Cl2N3O. The zero-order valence-corrected chi connectivity index (χ0v) is 10.4. The molecule has 1 unspecified atom stereocenters. The summed E-state index contributed by atoms with van der Waals surface area (Å²) in [4.78, 5) is 17.5. The molecule has 1 saturated heterocycles. The fraction of sp³-hybridized carbons (Fsp3) is 0.364. The van der Waals surface area contributed by atoms with E-state index in [1.165, 1.54) is 17.2 Å². The van der Waals surface area contributed by atoms with Gasteiger partial charge >= 0.3 is 0 Å². The van der Waals surface area contributed by atoms with Gasteiger partial charge in [-0.2, -0.15) is 5.26 Å². The van der Waals surface area contributed by atoms with Gasteiger partial charge in [0.25, 0.3) is 5.91 Å². The van der Waals surface area contributed by atoms with Crippen molar-refractivity contribution in [2.75, 3.05) is 6.54 Å². The standard InChI is InChI=1S/C11H9Cl2N3O/c12-9-6-15-10(13)4-8(9)11(17)16-3-1-2-7(16)5-14/h4,6-7H,1-3H2. The van der Waals surface area contributed by atoms with Gasteiger partial charge in [-0.3, -0.25) is 4.79 Å². The molecule has 0 aliphatic carbocycles. The SMILES string of the molecule is N#CC1CCCN1C(=O)c1cc(Cl)ncc1Cl. The lowest BCUT2D eigenvalue weighted by Crippen LogP contribution is -2.34. The Kier molecular flexibility index (Phi) is 3.51. The number of aromatic nitrogens is 1. The Morgan fingerprint density at radius 1 is 1.59 bits per heavy atom. The summed E-state index contributed by atoms with van der Waals surface area (Å²) in [5.74, 6) is -0.261. The van der Waals surface area contributed by atoms with Crippen molar-refractivity contribution in [3.05, 3.63) is 28.0 Å². The van der Waals surface area contributed by atoms with E-state index in [2.05, 4.69) is 11.1 Å². The number of halogens is 2. The second-order valence-electron chi connectivity index (χ2n) is 3.77. The van der Waals surface area contributed by atoms with Crippen molar-refractivity contribution in [1.29, 1.82) is 5.26 Å². The average molecular weight is 270 g/mol. The van der Waals surface area contributed by atoms with Crippen LogP contribution in [0.5, 0.6) is 0 Å². The predicted molar refractivity (Wildman–Crippen MR) is 63.9 cm³/mol. The van der Waals surface area contributed by atoms with Gasteiger partial charge in [-0.1, -0.05) is 23.2 Å². The second-order valence-corrected chi connectivity index (χ2v) is 4.57.